The Bertz CT molecular complexity index is 984. The lowest BCUT2D eigenvalue weighted by Crippen LogP contribution is -2.29. The van der Waals surface area contributed by atoms with E-state index in [0.717, 1.165) is 23.2 Å². The number of allylic oxidation sites excluding steroid dienone is 2. The van der Waals surface area contributed by atoms with Gasteiger partial charge < -0.3 is 5.32 Å². The molecule has 1 heterocycles. The predicted molar refractivity (Wildman–Crippen MR) is 129 cm³/mol. The van der Waals surface area contributed by atoms with Gasteiger partial charge in [0.1, 0.15) is 4.32 Å². The van der Waals surface area contributed by atoms with Crippen LogP contribution in [0, 0.1) is 0 Å². The third kappa shape index (κ3) is 5.90. The molecule has 1 saturated heterocycles. The number of thiocarbonyl (C=S) groups is 1. The van der Waals surface area contributed by atoms with Crippen LogP contribution in [0.5, 0.6) is 0 Å². The molecule has 6 heteroatoms. The first kappa shape index (κ1) is 22.0. The number of hydrogen-bond donors (Lipinski definition) is 1. The lowest BCUT2D eigenvalue weighted by molar-refractivity contribution is -0.122. The van der Waals surface area contributed by atoms with Gasteiger partial charge in [0.25, 0.3) is 5.91 Å². The van der Waals surface area contributed by atoms with Gasteiger partial charge in [-0.2, -0.15) is 0 Å². The van der Waals surface area contributed by atoms with Gasteiger partial charge in [-0.25, -0.2) is 0 Å². The fourth-order valence-corrected chi connectivity index (χ4v) is 4.34. The van der Waals surface area contributed by atoms with Gasteiger partial charge >= 0.3 is 0 Å². The first-order valence-electron chi connectivity index (χ1n) is 9.93. The number of nitrogens with one attached hydrogen (secondary N) is 1. The van der Waals surface area contributed by atoms with Crippen LogP contribution in [0.3, 0.4) is 0 Å². The summed E-state index contributed by atoms with van der Waals surface area (Å²) >= 11 is 6.66. The Morgan fingerprint density at radius 2 is 1.87 bits per heavy atom. The number of para-hydroxylation sites is 1. The van der Waals surface area contributed by atoms with Crippen molar-refractivity contribution >= 4 is 51.9 Å². The number of anilines is 1. The van der Waals surface area contributed by atoms with Crippen molar-refractivity contribution in [1.29, 1.82) is 0 Å². The summed E-state index contributed by atoms with van der Waals surface area (Å²) in [5.41, 5.74) is 3.03. The third-order valence-corrected chi connectivity index (χ3v) is 6.06. The van der Waals surface area contributed by atoms with E-state index in [0.29, 0.717) is 28.6 Å². The molecule has 2 aromatic rings. The number of aryl methyl sites for hydroxylation is 1. The summed E-state index contributed by atoms with van der Waals surface area (Å²) in [5.74, 6) is -0.151. The molecule has 0 atom stereocenters. The Balaban J connectivity index is 1.50. The van der Waals surface area contributed by atoms with E-state index in [4.69, 9.17) is 12.2 Å². The van der Waals surface area contributed by atoms with Gasteiger partial charge in [-0.05, 0) is 36.1 Å². The second kappa shape index (κ2) is 10.9. The van der Waals surface area contributed by atoms with Crippen molar-refractivity contribution in [2.45, 2.75) is 26.2 Å². The van der Waals surface area contributed by atoms with E-state index in [1.54, 1.807) is 11.0 Å². The van der Waals surface area contributed by atoms with E-state index >= 15 is 0 Å². The molecule has 0 spiro atoms. The fourth-order valence-electron chi connectivity index (χ4n) is 3.08. The summed E-state index contributed by atoms with van der Waals surface area (Å²) < 4.78 is 0.538. The van der Waals surface area contributed by atoms with Crippen LogP contribution in [0.4, 0.5) is 5.69 Å². The molecule has 30 heavy (non-hydrogen) atoms. The van der Waals surface area contributed by atoms with Crippen LogP contribution in [0.25, 0.3) is 6.08 Å². The van der Waals surface area contributed by atoms with Gasteiger partial charge in [-0.3, -0.25) is 14.5 Å². The topological polar surface area (TPSA) is 49.4 Å². The van der Waals surface area contributed by atoms with Gasteiger partial charge in [0.05, 0.1) is 4.91 Å². The van der Waals surface area contributed by atoms with Crippen LogP contribution in [-0.2, 0) is 16.0 Å². The zero-order valence-corrected chi connectivity index (χ0v) is 18.5. The molecular weight excluding hydrogens is 412 g/mol. The van der Waals surface area contributed by atoms with E-state index in [2.05, 4.69) is 12.2 Å². The van der Waals surface area contributed by atoms with Crippen molar-refractivity contribution in [2.24, 2.45) is 0 Å². The zero-order valence-electron chi connectivity index (χ0n) is 16.8. The maximum absolute atomic E-state index is 12.6. The van der Waals surface area contributed by atoms with Crippen LogP contribution in [0.1, 0.15) is 30.9 Å². The van der Waals surface area contributed by atoms with Crippen molar-refractivity contribution in [3.63, 3.8) is 0 Å². The van der Waals surface area contributed by atoms with Crippen molar-refractivity contribution in [3.05, 3.63) is 82.8 Å². The largest absolute Gasteiger partial charge is 0.326 e. The maximum atomic E-state index is 12.6. The highest BCUT2D eigenvalue weighted by Crippen LogP contribution is 2.31. The maximum Gasteiger partial charge on any atom is 0.266 e. The summed E-state index contributed by atoms with van der Waals surface area (Å²) in [6.45, 7) is 2.50. The number of carbonyl (C=O) groups is 2. The standard InChI is InChI=1S/C24H24N2O2S2/c1-2-19-13-6-7-14-20(19)25-22(27)16-9-17-26-23(28)21(30-24(26)29)15-8-12-18-10-4-3-5-11-18/h3-8,10-15H,2,9,16-17H2,1H3,(H,25,27). The van der Waals surface area contributed by atoms with E-state index in [-0.39, 0.29) is 11.8 Å². The van der Waals surface area contributed by atoms with Crippen LogP contribution in [0.15, 0.2) is 71.7 Å². The van der Waals surface area contributed by atoms with Crippen molar-refractivity contribution < 1.29 is 9.59 Å². The lowest BCUT2D eigenvalue weighted by atomic mass is 10.1. The molecule has 0 saturated carbocycles. The minimum atomic E-state index is -0.0977. The van der Waals surface area contributed by atoms with Crippen LogP contribution >= 0.6 is 24.0 Å². The van der Waals surface area contributed by atoms with Gasteiger partial charge in [0.2, 0.25) is 5.91 Å². The monoisotopic (exact) mass is 436 g/mol. The highest BCUT2D eigenvalue weighted by Gasteiger charge is 2.31. The second-order valence-corrected chi connectivity index (χ2v) is 8.46. The normalized spacial score (nSPS) is 15.4. The molecule has 0 aliphatic carbocycles. The molecule has 0 aromatic heterocycles. The minimum Gasteiger partial charge on any atom is -0.326 e. The Hall–Kier alpha value is -2.70. The number of thioether (sulfide) groups is 1. The average Bonchev–Trinajstić information content (AvgIpc) is 3.02. The van der Waals surface area contributed by atoms with Crippen LogP contribution in [0.2, 0.25) is 0 Å². The van der Waals surface area contributed by atoms with Gasteiger partial charge in [-0.1, -0.05) is 91.6 Å². The predicted octanol–water partition coefficient (Wildman–Crippen LogP) is 5.43. The molecule has 0 radical (unpaired) electrons. The molecular formula is C24H24N2O2S2. The van der Waals surface area contributed by atoms with Crippen molar-refractivity contribution in [2.75, 3.05) is 11.9 Å². The molecule has 2 amide bonds. The fraction of sp³-hybridized carbons (Fsp3) is 0.208. The molecule has 154 valence electrons. The summed E-state index contributed by atoms with van der Waals surface area (Å²) in [7, 11) is 0. The Morgan fingerprint density at radius 1 is 1.13 bits per heavy atom. The Morgan fingerprint density at radius 3 is 2.63 bits per heavy atom. The highest BCUT2D eigenvalue weighted by atomic mass is 32.2. The van der Waals surface area contributed by atoms with Crippen molar-refractivity contribution in [1.82, 2.24) is 4.90 Å². The molecule has 1 aliphatic heterocycles. The summed E-state index contributed by atoms with van der Waals surface area (Å²) in [5, 5.41) is 2.96. The molecule has 0 unspecified atom stereocenters. The number of nitrogens with zero attached hydrogens (tertiary/aromatic N) is 1. The average molecular weight is 437 g/mol. The Kier molecular flexibility index (Phi) is 7.99. The van der Waals surface area contributed by atoms with Gasteiger partial charge in [0, 0.05) is 18.7 Å². The Labute approximate surface area is 187 Å². The molecule has 3 rings (SSSR count). The van der Waals surface area contributed by atoms with Crippen molar-refractivity contribution in [3.8, 4) is 0 Å². The van der Waals surface area contributed by atoms with E-state index in [9.17, 15) is 9.59 Å². The number of benzene rings is 2. The second-order valence-electron chi connectivity index (χ2n) is 6.79. The highest BCUT2D eigenvalue weighted by molar-refractivity contribution is 8.26. The first-order valence-corrected chi connectivity index (χ1v) is 11.2. The summed E-state index contributed by atoms with van der Waals surface area (Å²) in [4.78, 5) is 27.1. The van der Waals surface area contributed by atoms with E-state index in [1.165, 1.54) is 11.8 Å². The van der Waals surface area contributed by atoms with Gasteiger partial charge in [0.15, 0.2) is 0 Å². The molecule has 1 aliphatic rings. The zero-order chi connectivity index (χ0) is 21.3. The minimum absolute atomic E-state index is 0.0531. The molecule has 0 bridgehead atoms. The van der Waals surface area contributed by atoms with Crippen LogP contribution < -0.4 is 5.32 Å². The SMILES string of the molecule is CCc1ccccc1NC(=O)CCCN1C(=O)C(=CC=Cc2ccccc2)SC1=S. The molecule has 1 N–H and O–H groups in total. The van der Waals surface area contributed by atoms with E-state index < -0.39 is 0 Å². The van der Waals surface area contributed by atoms with Crippen LogP contribution in [-0.4, -0.2) is 27.6 Å². The number of carbonyl (C=O) groups excluding carboxylic acids is 2. The summed E-state index contributed by atoms with van der Waals surface area (Å²) in [6, 6.07) is 17.7. The quantitative estimate of drug-likeness (QED) is 0.443. The van der Waals surface area contributed by atoms with Gasteiger partial charge in [-0.15, -0.1) is 0 Å². The van der Waals surface area contributed by atoms with E-state index in [1.807, 2.05) is 66.7 Å². The number of hydrogen-bond acceptors (Lipinski definition) is 4. The third-order valence-electron chi connectivity index (χ3n) is 4.67. The lowest BCUT2D eigenvalue weighted by Gasteiger charge is -2.14. The molecule has 4 nitrogen and oxygen atoms in total. The molecule has 2 aromatic carbocycles. The number of rotatable bonds is 8. The molecule has 1 fully saturated rings. The number of amides is 2. The smallest absolute Gasteiger partial charge is 0.266 e. The summed E-state index contributed by atoms with van der Waals surface area (Å²) in [6.07, 6.45) is 7.35. The first-order chi connectivity index (χ1) is 14.6.